The molecule has 3 aromatic rings. The zero-order valence-electron chi connectivity index (χ0n) is 24.2. The second-order valence-corrected chi connectivity index (χ2v) is 12.0. The highest BCUT2D eigenvalue weighted by atomic mass is 35.5. The van der Waals surface area contributed by atoms with Gasteiger partial charge >= 0.3 is 5.97 Å². The van der Waals surface area contributed by atoms with E-state index in [1.807, 2.05) is 0 Å². The highest BCUT2D eigenvalue weighted by molar-refractivity contribution is 7.85. The fraction of sp³-hybridized carbons (Fsp3) is 0.355. The van der Waals surface area contributed by atoms with Crippen LogP contribution in [0.5, 0.6) is 0 Å². The van der Waals surface area contributed by atoms with E-state index in [2.05, 4.69) is 22.1 Å². The Morgan fingerprint density at radius 1 is 1.05 bits per heavy atom. The van der Waals surface area contributed by atoms with Crippen molar-refractivity contribution in [3.63, 3.8) is 0 Å². The van der Waals surface area contributed by atoms with Gasteiger partial charge < -0.3 is 24.5 Å². The van der Waals surface area contributed by atoms with Crippen molar-refractivity contribution in [3.05, 3.63) is 80.6 Å². The van der Waals surface area contributed by atoms with Crippen molar-refractivity contribution in [2.45, 2.75) is 45.1 Å². The number of hydrogen-bond donors (Lipinski definition) is 2. The summed E-state index contributed by atoms with van der Waals surface area (Å²) in [5.74, 6) is 3.85. The van der Waals surface area contributed by atoms with Gasteiger partial charge in [0.05, 0.1) is 15.9 Å². The number of unbranched alkanes of at least 4 members (excludes halogenated alkanes) is 3. The summed E-state index contributed by atoms with van der Waals surface area (Å²) >= 11 is 5.88. The molecule has 0 radical (unpaired) electrons. The first-order chi connectivity index (χ1) is 20.9. The van der Waals surface area contributed by atoms with E-state index in [1.54, 1.807) is 42.5 Å². The molecule has 0 atom stereocenters. The van der Waals surface area contributed by atoms with Gasteiger partial charge in [0.1, 0.15) is 5.56 Å². The van der Waals surface area contributed by atoms with Crippen molar-refractivity contribution < 1.29 is 32.1 Å². The first-order valence-corrected chi connectivity index (χ1v) is 15.9. The Balaban J connectivity index is 1.40. The van der Waals surface area contributed by atoms with Crippen LogP contribution in [0.3, 0.4) is 0 Å². The zero-order valence-corrected chi connectivity index (χ0v) is 25.8. The molecule has 0 bridgehead atoms. The van der Waals surface area contributed by atoms with Crippen molar-refractivity contribution in [2.75, 3.05) is 26.0 Å². The monoisotopic (exact) mass is 642 g/mol. The molecule has 11 nitrogen and oxygen atoms in total. The van der Waals surface area contributed by atoms with Gasteiger partial charge in [0.15, 0.2) is 6.61 Å². The minimum atomic E-state index is -4.36. The smallest absolute Gasteiger partial charge is 0.306 e. The maximum absolute atomic E-state index is 13.0. The molecular formula is C31H33ClN3O8S-. The third kappa shape index (κ3) is 11.5. The van der Waals surface area contributed by atoms with E-state index in [0.29, 0.717) is 47.2 Å². The van der Waals surface area contributed by atoms with Gasteiger partial charge in [0.2, 0.25) is 11.3 Å². The number of hydrogen-bond acceptors (Lipinski definition) is 8. The molecule has 2 aromatic carbocycles. The number of aromatic amines is 1. The number of nitrogens with zero attached hydrogens (tertiary/aromatic N) is 1. The third-order valence-corrected chi connectivity index (χ3v) is 7.59. The Hall–Kier alpha value is -4.18. The van der Waals surface area contributed by atoms with E-state index in [9.17, 15) is 32.1 Å². The molecule has 0 fully saturated rings. The maximum Gasteiger partial charge on any atom is 0.306 e. The molecule has 2 amide bonds. The van der Waals surface area contributed by atoms with Crippen LogP contribution in [0.4, 0.5) is 0 Å². The van der Waals surface area contributed by atoms with E-state index in [1.165, 1.54) is 18.1 Å². The molecule has 1 aromatic heterocycles. The number of carbonyl (C=O) groups is 3. The summed E-state index contributed by atoms with van der Waals surface area (Å²) in [6.07, 6.45) is 4.38. The molecule has 1 heterocycles. The number of H-pyrrole nitrogens is 1. The van der Waals surface area contributed by atoms with Gasteiger partial charge in [0, 0.05) is 60.7 Å². The molecule has 0 unspecified atom stereocenters. The molecule has 0 spiro atoms. The van der Waals surface area contributed by atoms with Gasteiger partial charge in [-0.05, 0) is 48.7 Å². The van der Waals surface area contributed by atoms with Crippen molar-refractivity contribution in [1.29, 1.82) is 0 Å². The number of ether oxygens (including phenoxy) is 1. The van der Waals surface area contributed by atoms with Crippen LogP contribution in [-0.2, 0) is 31.0 Å². The number of benzene rings is 2. The van der Waals surface area contributed by atoms with Gasteiger partial charge in [0.25, 0.3) is 5.91 Å². The van der Waals surface area contributed by atoms with Gasteiger partial charge in [-0.25, -0.2) is 8.42 Å². The van der Waals surface area contributed by atoms with Gasteiger partial charge in [-0.15, -0.1) is 0 Å². The van der Waals surface area contributed by atoms with Crippen LogP contribution in [-0.4, -0.2) is 66.6 Å². The minimum Gasteiger partial charge on any atom is -0.748 e. The number of halogens is 1. The highest BCUT2D eigenvalue weighted by Gasteiger charge is 2.13. The normalized spacial score (nSPS) is 11.0. The molecule has 13 heteroatoms. The largest absolute Gasteiger partial charge is 0.748 e. The Bertz CT molecular complexity index is 1710. The molecule has 44 heavy (non-hydrogen) atoms. The fourth-order valence-electron chi connectivity index (χ4n) is 4.14. The molecule has 2 N–H and O–H groups in total. The zero-order chi connectivity index (χ0) is 32.1. The summed E-state index contributed by atoms with van der Waals surface area (Å²) in [6.45, 7) is -0.0239. The number of nitrogens with one attached hydrogen (secondary N) is 2. The predicted molar refractivity (Wildman–Crippen MR) is 165 cm³/mol. The van der Waals surface area contributed by atoms with Crippen molar-refractivity contribution >= 4 is 50.4 Å². The lowest BCUT2D eigenvalue weighted by atomic mass is 10.1. The summed E-state index contributed by atoms with van der Waals surface area (Å²) in [4.78, 5) is 53.8. The SMILES string of the molecule is CN(CCS(=O)(=O)[O-])C(=O)CCCCCCC(=O)OCC#Cc1ccc2[nH]cc(C(=O)NCc3ccc(Cl)cc3)c(=O)c2c1. The molecule has 0 saturated carbocycles. The number of rotatable bonds is 14. The van der Waals surface area contributed by atoms with Gasteiger partial charge in [-0.2, -0.15) is 0 Å². The number of carbonyl (C=O) groups excluding carboxylic acids is 3. The number of pyridine rings is 1. The topological polar surface area (TPSA) is 166 Å². The highest BCUT2D eigenvalue weighted by Crippen LogP contribution is 2.12. The summed E-state index contributed by atoms with van der Waals surface area (Å²) < 4.78 is 37.2. The molecule has 234 valence electrons. The number of amides is 2. The van der Waals surface area contributed by atoms with Crippen LogP contribution < -0.4 is 10.7 Å². The first-order valence-electron chi connectivity index (χ1n) is 13.9. The minimum absolute atomic E-state index is 0.0297. The summed E-state index contributed by atoms with van der Waals surface area (Å²) in [7, 11) is -2.91. The predicted octanol–water partition coefficient (Wildman–Crippen LogP) is 3.35. The maximum atomic E-state index is 13.0. The Morgan fingerprint density at radius 2 is 1.75 bits per heavy atom. The Labute approximate surface area is 260 Å². The molecule has 0 aliphatic rings. The van der Waals surface area contributed by atoms with E-state index in [0.717, 1.165) is 5.56 Å². The van der Waals surface area contributed by atoms with E-state index in [4.69, 9.17) is 16.3 Å². The molecule has 0 saturated heterocycles. The number of aromatic nitrogens is 1. The van der Waals surface area contributed by atoms with Crippen LogP contribution in [0.2, 0.25) is 5.02 Å². The first kappa shape index (κ1) is 34.3. The Kier molecular flexibility index (Phi) is 13.0. The second kappa shape index (κ2) is 16.6. The summed E-state index contributed by atoms with van der Waals surface area (Å²) in [6, 6.07) is 12.0. The van der Waals surface area contributed by atoms with Crippen LogP contribution >= 0.6 is 11.6 Å². The lowest BCUT2D eigenvalue weighted by Gasteiger charge is -2.18. The molecule has 3 rings (SSSR count). The number of esters is 1. The molecular weight excluding hydrogens is 610 g/mol. The third-order valence-electron chi connectivity index (χ3n) is 6.65. The van der Waals surface area contributed by atoms with Gasteiger partial charge in [-0.1, -0.05) is 48.4 Å². The lowest BCUT2D eigenvalue weighted by Crippen LogP contribution is -2.31. The van der Waals surface area contributed by atoms with Crippen LogP contribution in [0, 0.1) is 11.8 Å². The molecule has 0 aliphatic carbocycles. The summed E-state index contributed by atoms with van der Waals surface area (Å²) in [5, 5.41) is 3.62. The number of fused-ring (bicyclic) bond motifs is 1. The van der Waals surface area contributed by atoms with Crippen LogP contribution in [0.25, 0.3) is 10.9 Å². The van der Waals surface area contributed by atoms with E-state index >= 15 is 0 Å². The van der Waals surface area contributed by atoms with Crippen molar-refractivity contribution in [1.82, 2.24) is 15.2 Å². The average Bonchev–Trinajstić information content (AvgIpc) is 2.99. The van der Waals surface area contributed by atoms with Crippen molar-refractivity contribution in [2.24, 2.45) is 0 Å². The Morgan fingerprint density at radius 3 is 2.45 bits per heavy atom. The van der Waals surface area contributed by atoms with E-state index in [-0.39, 0.29) is 44.0 Å². The second-order valence-electron chi connectivity index (χ2n) is 10.1. The average molecular weight is 643 g/mol. The van der Waals surface area contributed by atoms with Gasteiger partial charge in [-0.3, -0.25) is 19.2 Å². The van der Waals surface area contributed by atoms with Crippen LogP contribution in [0.15, 0.2) is 53.5 Å². The molecule has 0 aliphatic heterocycles. The standard InChI is InChI=1S/C31H34ClN3O8S/c1-35(16-18-44(40,41)42)28(36)8-4-2-3-5-9-29(37)43-17-6-7-22-12-15-27-25(19-22)30(38)26(21-33-27)31(39)34-20-23-10-13-24(32)14-11-23/h10-15,19,21H,2-5,8-9,16-18,20H2,1H3,(H,33,38)(H,34,39)(H,40,41,42)/p-1. The van der Waals surface area contributed by atoms with E-state index < -0.39 is 33.2 Å². The summed E-state index contributed by atoms with van der Waals surface area (Å²) in [5.41, 5.74) is 1.44. The fourth-order valence-corrected chi connectivity index (χ4v) is 4.76. The quantitative estimate of drug-likeness (QED) is 0.117. The lowest BCUT2D eigenvalue weighted by molar-refractivity contribution is -0.142. The van der Waals surface area contributed by atoms with Crippen LogP contribution in [0.1, 0.15) is 60.0 Å². The van der Waals surface area contributed by atoms with Crippen molar-refractivity contribution in [3.8, 4) is 11.8 Å².